The lowest BCUT2D eigenvalue weighted by molar-refractivity contribution is -0.274. The van der Waals surface area contributed by atoms with Crippen molar-refractivity contribution in [3.8, 4) is 5.75 Å². The number of benzene rings is 2. The number of thiazole rings is 1. The van der Waals surface area contributed by atoms with E-state index in [0.717, 1.165) is 0 Å². The maximum absolute atomic E-state index is 14.0. The second-order valence-corrected chi connectivity index (χ2v) is 8.20. The Kier molecular flexibility index (Phi) is 6.68. The smallest absolute Gasteiger partial charge is 0.406 e. The number of halogens is 4. The molecule has 1 aromatic heterocycles. The van der Waals surface area contributed by atoms with E-state index in [1.807, 2.05) is 4.90 Å². The summed E-state index contributed by atoms with van der Waals surface area (Å²) in [6, 6.07) is 11.9. The van der Waals surface area contributed by atoms with Gasteiger partial charge in [0.1, 0.15) is 11.6 Å². The summed E-state index contributed by atoms with van der Waals surface area (Å²) in [5.74, 6) is -0.649. The van der Waals surface area contributed by atoms with Crippen LogP contribution in [0.4, 0.5) is 34.1 Å². The van der Waals surface area contributed by atoms with Crippen molar-refractivity contribution < 1.29 is 27.1 Å². The molecule has 0 atom stereocenters. The van der Waals surface area contributed by atoms with E-state index in [1.54, 1.807) is 28.5 Å². The summed E-state index contributed by atoms with van der Waals surface area (Å²) in [6.07, 6.45) is -4.60. The first-order valence-electron chi connectivity index (χ1n) is 10.1. The van der Waals surface area contributed by atoms with E-state index in [-0.39, 0.29) is 23.9 Å². The second kappa shape index (κ2) is 9.65. The Bertz CT molecular complexity index is 1100. The summed E-state index contributed by atoms with van der Waals surface area (Å²) in [6.45, 7) is 2.08. The van der Waals surface area contributed by atoms with Crippen LogP contribution in [-0.4, -0.2) is 48.3 Å². The van der Waals surface area contributed by atoms with Gasteiger partial charge >= 0.3 is 6.36 Å². The van der Waals surface area contributed by atoms with Crippen molar-refractivity contribution >= 4 is 33.8 Å². The minimum Gasteiger partial charge on any atom is -0.406 e. The summed E-state index contributed by atoms with van der Waals surface area (Å²) in [5.41, 5.74) is 1.68. The molecule has 3 aromatic rings. The Morgan fingerprint density at radius 1 is 1.06 bits per heavy atom. The number of carbonyl (C=O) groups excluding carboxylic acids is 1. The number of amides is 1. The van der Waals surface area contributed by atoms with Gasteiger partial charge in [-0.3, -0.25) is 4.79 Å². The van der Waals surface area contributed by atoms with Crippen molar-refractivity contribution in [1.82, 2.24) is 9.88 Å². The van der Waals surface area contributed by atoms with E-state index in [2.05, 4.69) is 15.0 Å². The first-order chi connectivity index (χ1) is 15.8. The van der Waals surface area contributed by atoms with E-state index in [0.29, 0.717) is 48.4 Å². The molecule has 0 saturated carbocycles. The Hall–Kier alpha value is -3.34. The van der Waals surface area contributed by atoms with E-state index in [9.17, 15) is 22.4 Å². The third kappa shape index (κ3) is 6.13. The molecule has 2 aromatic carbocycles. The number of nitrogens with zero attached hydrogens (tertiary/aromatic N) is 3. The van der Waals surface area contributed by atoms with Crippen LogP contribution in [0.1, 0.15) is 5.69 Å². The molecule has 33 heavy (non-hydrogen) atoms. The Morgan fingerprint density at radius 2 is 1.76 bits per heavy atom. The molecule has 1 saturated heterocycles. The standard InChI is InChI=1S/C22H20F4N4O2S/c23-18-3-1-2-4-19(18)29-9-11-30(12-10-29)20(31)13-16-14-33-21(28-16)27-15-5-7-17(8-6-15)32-22(24,25)26/h1-8,14H,9-13H2,(H,27,28). The zero-order valence-corrected chi connectivity index (χ0v) is 18.1. The van der Waals surface area contributed by atoms with Gasteiger partial charge in [0, 0.05) is 37.2 Å². The molecule has 2 heterocycles. The number of rotatable bonds is 6. The third-order valence-corrected chi connectivity index (χ3v) is 5.86. The normalized spacial score (nSPS) is 14.3. The highest BCUT2D eigenvalue weighted by Gasteiger charge is 2.31. The molecular weight excluding hydrogens is 460 g/mol. The molecule has 0 unspecified atom stereocenters. The van der Waals surface area contributed by atoms with Crippen LogP contribution in [0.2, 0.25) is 0 Å². The van der Waals surface area contributed by atoms with Gasteiger partial charge in [0.15, 0.2) is 5.13 Å². The van der Waals surface area contributed by atoms with Gasteiger partial charge in [0.05, 0.1) is 17.8 Å². The van der Waals surface area contributed by atoms with Gasteiger partial charge in [0.25, 0.3) is 0 Å². The molecule has 4 rings (SSSR count). The second-order valence-electron chi connectivity index (χ2n) is 7.34. The van der Waals surface area contributed by atoms with Crippen LogP contribution in [-0.2, 0) is 11.2 Å². The van der Waals surface area contributed by atoms with Crippen LogP contribution in [0.25, 0.3) is 0 Å². The van der Waals surface area contributed by atoms with Crippen LogP contribution in [0.5, 0.6) is 5.75 Å². The van der Waals surface area contributed by atoms with Gasteiger partial charge in [0.2, 0.25) is 5.91 Å². The van der Waals surface area contributed by atoms with Gasteiger partial charge in [-0.1, -0.05) is 12.1 Å². The molecular formula is C22H20F4N4O2S. The first kappa shape index (κ1) is 22.8. The van der Waals surface area contributed by atoms with Crippen molar-refractivity contribution in [1.29, 1.82) is 0 Å². The van der Waals surface area contributed by atoms with Gasteiger partial charge in [-0.25, -0.2) is 9.37 Å². The topological polar surface area (TPSA) is 57.7 Å². The lowest BCUT2D eigenvalue weighted by Gasteiger charge is -2.36. The molecule has 6 nitrogen and oxygen atoms in total. The van der Waals surface area contributed by atoms with E-state index in [1.165, 1.54) is 41.7 Å². The fraction of sp³-hybridized carbons (Fsp3) is 0.273. The molecule has 0 spiro atoms. The summed E-state index contributed by atoms with van der Waals surface area (Å²) >= 11 is 1.29. The molecule has 0 radical (unpaired) electrons. The quantitative estimate of drug-likeness (QED) is 0.513. The van der Waals surface area contributed by atoms with Gasteiger partial charge < -0.3 is 19.9 Å². The van der Waals surface area contributed by atoms with Crippen molar-refractivity contribution in [2.45, 2.75) is 12.8 Å². The first-order valence-corrected chi connectivity index (χ1v) is 11.0. The fourth-order valence-electron chi connectivity index (χ4n) is 3.48. The van der Waals surface area contributed by atoms with E-state index < -0.39 is 6.36 Å². The third-order valence-electron chi connectivity index (χ3n) is 5.05. The largest absolute Gasteiger partial charge is 0.573 e. The zero-order valence-electron chi connectivity index (χ0n) is 17.3. The van der Waals surface area contributed by atoms with Crippen molar-refractivity contribution in [2.24, 2.45) is 0 Å². The number of carbonyl (C=O) groups is 1. The molecule has 1 aliphatic rings. The monoisotopic (exact) mass is 480 g/mol. The minimum atomic E-state index is -4.74. The number of hydrogen-bond acceptors (Lipinski definition) is 6. The summed E-state index contributed by atoms with van der Waals surface area (Å²) < 4.78 is 54.6. The van der Waals surface area contributed by atoms with Gasteiger partial charge in [-0.2, -0.15) is 0 Å². The van der Waals surface area contributed by atoms with Crippen LogP contribution in [0.3, 0.4) is 0 Å². The van der Waals surface area contributed by atoms with Crippen LogP contribution < -0.4 is 15.0 Å². The molecule has 0 bridgehead atoms. The van der Waals surface area contributed by atoms with Crippen LogP contribution in [0, 0.1) is 5.82 Å². The molecule has 1 amide bonds. The van der Waals surface area contributed by atoms with Crippen molar-refractivity contribution in [3.63, 3.8) is 0 Å². The molecule has 1 fully saturated rings. The lowest BCUT2D eigenvalue weighted by atomic mass is 10.2. The summed E-state index contributed by atoms with van der Waals surface area (Å²) in [5, 5.41) is 5.28. The number of aromatic nitrogens is 1. The Balaban J connectivity index is 1.28. The highest BCUT2D eigenvalue weighted by atomic mass is 32.1. The van der Waals surface area contributed by atoms with Crippen LogP contribution in [0.15, 0.2) is 53.9 Å². The van der Waals surface area contributed by atoms with Crippen molar-refractivity contribution in [3.05, 3.63) is 65.4 Å². The summed E-state index contributed by atoms with van der Waals surface area (Å²) in [7, 11) is 0. The molecule has 1 N–H and O–H groups in total. The lowest BCUT2D eigenvalue weighted by Crippen LogP contribution is -2.49. The zero-order chi connectivity index (χ0) is 23.4. The van der Waals surface area contributed by atoms with Crippen molar-refractivity contribution in [2.75, 3.05) is 36.4 Å². The number of anilines is 3. The van der Waals surface area contributed by atoms with E-state index in [4.69, 9.17) is 0 Å². The highest BCUT2D eigenvalue weighted by molar-refractivity contribution is 7.13. The van der Waals surface area contributed by atoms with E-state index >= 15 is 0 Å². The highest BCUT2D eigenvalue weighted by Crippen LogP contribution is 2.27. The maximum atomic E-state index is 14.0. The number of nitrogens with one attached hydrogen (secondary N) is 1. The predicted octanol–water partition coefficient (Wildman–Crippen LogP) is 4.82. The number of para-hydroxylation sites is 1. The van der Waals surface area contributed by atoms with Crippen LogP contribution >= 0.6 is 11.3 Å². The maximum Gasteiger partial charge on any atom is 0.573 e. The molecule has 174 valence electrons. The van der Waals surface area contributed by atoms with Gasteiger partial charge in [-0.15, -0.1) is 24.5 Å². The predicted molar refractivity (Wildman–Crippen MR) is 117 cm³/mol. The fourth-order valence-corrected chi connectivity index (χ4v) is 4.21. The minimum absolute atomic E-state index is 0.0614. The Morgan fingerprint density at radius 3 is 2.42 bits per heavy atom. The SMILES string of the molecule is O=C(Cc1csc(Nc2ccc(OC(F)(F)F)cc2)n1)N1CCN(c2ccccc2F)CC1. The summed E-state index contributed by atoms with van der Waals surface area (Å²) in [4.78, 5) is 20.7. The molecule has 0 aliphatic carbocycles. The Labute approximate surface area is 191 Å². The molecule has 1 aliphatic heterocycles. The number of piperazine rings is 1. The number of ether oxygens (including phenoxy) is 1. The number of hydrogen-bond donors (Lipinski definition) is 1. The average molecular weight is 480 g/mol. The number of alkyl halides is 3. The average Bonchev–Trinajstić information content (AvgIpc) is 3.21. The molecule has 11 heteroatoms. The van der Waals surface area contributed by atoms with Gasteiger partial charge in [-0.05, 0) is 36.4 Å².